The molecule has 4 rings (SSSR count). The van der Waals surface area contributed by atoms with E-state index in [1.165, 1.54) is 41.3 Å². The van der Waals surface area contributed by atoms with Crippen LogP contribution in [0.15, 0.2) is 36.4 Å². The highest BCUT2D eigenvalue weighted by Crippen LogP contribution is 2.31. The van der Waals surface area contributed by atoms with Crippen LogP contribution in [0.5, 0.6) is 0 Å². The fraction of sp³-hybridized carbons (Fsp3) is 0.350. The third-order valence-corrected chi connectivity index (χ3v) is 5.24. The van der Waals surface area contributed by atoms with Crippen LogP contribution in [0.2, 0.25) is 0 Å². The lowest BCUT2D eigenvalue weighted by atomic mass is 10.1. The third-order valence-electron chi connectivity index (χ3n) is 5.24. The van der Waals surface area contributed by atoms with Crippen molar-refractivity contribution in [2.75, 3.05) is 6.54 Å². The number of fused-ring (bicyclic) bond motifs is 2. The Bertz CT molecular complexity index is 1170. The predicted molar refractivity (Wildman–Crippen MR) is 107 cm³/mol. The maximum atomic E-state index is 12.2. The smallest absolute Gasteiger partial charge is 0.326 e. The van der Waals surface area contributed by atoms with Crippen LogP contribution >= 0.6 is 0 Å². The molecule has 188 valence electrons. The molecule has 2 aromatic carbocycles. The minimum atomic E-state index is -4.92. The number of carbonyl (C=O) groups excluding carboxylic acids is 1. The highest BCUT2D eigenvalue weighted by Gasteiger charge is 2.44. The molecule has 35 heavy (non-hydrogen) atoms. The summed E-state index contributed by atoms with van der Waals surface area (Å²) in [6, 6.07) is 7.95. The summed E-state index contributed by atoms with van der Waals surface area (Å²) in [7, 11) is 0. The quantitative estimate of drug-likeness (QED) is 0.345. The largest absolute Gasteiger partial charge is 0.471 e. The molecule has 2 aromatic rings. The van der Waals surface area contributed by atoms with Crippen molar-refractivity contribution in [1.29, 1.82) is 0 Å². The number of non-ortho nitro benzene ring substituents is 2. The van der Waals surface area contributed by atoms with Gasteiger partial charge in [0.2, 0.25) is 0 Å². The maximum Gasteiger partial charge on any atom is 0.471 e. The Morgan fingerprint density at radius 1 is 0.771 bits per heavy atom. The minimum Gasteiger partial charge on any atom is -0.326 e. The zero-order valence-electron chi connectivity index (χ0n) is 17.6. The molecule has 0 atom stereocenters. The summed E-state index contributed by atoms with van der Waals surface area (Å²) >= 11 is 0. The minimum absolute atomic E-state index is 0.0855. The van der Waals surface area contributed by atoms with Crippen LogP contribution in [-0.4, -0.2) is 44.5 Å². The number of nitrogens with zero attached hydrogens (tertiary/aromatic N) is 4. The van der Waals surface area contributed by atoms with Crippen molar-refractivity contribution in [3.63, 3.8) is 0 Å². The standard InChI is InChI=1S/C10H7F3N2O3.C10H9F3N2O2/c11-10(12,13)9(16)14-4-6-1-2-8(15(17)18)3-7(6)5-14;11-10(12,13)6-14-4-7-1-2-9(15(16)17)3-8(7)5-14/h1-3H,4-5H2;1-3H,4-6H2. The van der Waals surface area contributed by atoms with Gasteiger partial charge in [-0.2, -0.15) is 26.3 Å². The molecule has 15 heteroatoms. The predicted octanol–water partition coefficient (Wildman–Crippen LogP) is 4.47. The molecule has 0 unspecified atom stereocenters. The Labute approximate surface area is 192 Å². The average Bonchev–Trinajstić information content (AvgIpc) is 3.33. The molecule has 0 fully saturated rings. The van der Waals surface area contributed by atoms with Crippen molar-refractivity contribution in [3.05, 3.63) is 78.9 Å². The number of hydrogen-bond acceptors (Lipinski definition) is 6. The van der Waals surface area contributed by atoms with E-state index < -0.39 is 34.7 Å². The molecule has 1 amide bonds. The lowest BCUT2D eigenvalue weighted by Crippen LogP contribution is -2.37. The maximum absolute atomic E-state index is 12.2. The molecule has 0 aliphatic carbocycles. The summed E-state index contributed by atoms with van der Waals surface area (Å²) in [5.74, 6) is -1.93. The molecule has 2 aliphatic rings. The molecule has 0 spiro atoms. The molecule has 9 nitrogen and oxygen atoms in total. The lowest BCUT2D eigenvalue weighted by Gasteiger charge is -2.16. The number of rotatable bonds is 3. The SMILES string of the molecule is O=C(N1Cc2ccc([N+](=O)[O-])cc2C1)C(F)(F)F.O=[N+]([O-])c1ccc2c(c1)CN(CC(F)(F)F)C2. The Hall–Kier alpha value is -3.75. The lowest BCUT2D eigenvalue weighted by molar-refractivity contribution is -0.385. The van der Waals surface area contributed by atoms with Crippen LogP contribution in [0.1, 0.15) is 22.3 Å². The van der Waals surface area contributed by atoms with Crippen molar-refractivity contribution >= 4 is 17.3 Å². The summed E-state index contributed by atoms with van der Waals surface area (Å²) in [5, 5.41) is 21.0. The summed E-state index contributed by atoms with van der Waals surface area (Å²) in [4.78, 5) is 32.7. The van der Waals surface area contributed by atoms with Gasteiger partial charge in [0.25, 0.3) is 11.4 Å². The van der Waals surface area contributed by atoms with Gasteiger partial charge in [0, 0.05) is 50.4 Å². The number of carbonyl (C=O) groups is 1. The van der Waals surface area contributed by atoms with Crippen molar-refractivity contribution in [2.45, 2.75) is 38.5 Å². The van der Waals surface area contributed by atoms with Crippen molar-refractivity contribution in [1.82, 2.24) is 9.80 Å². The first-order valence-corrected chi connectivity index (χ1v) is 9.81. The van der Waals surface area contributed by atoms with Gasteiger partial charge in [-0.3, -0.25) is 29.9 Å². The van der Waals surface area contributed by atoms with E-state index in [1.54, 1.807) is 0 Å². The molecule has 0 radical (unpaired) electrons. The van der Waals surface area contributed by atoms with E-state index in [9.17, 15) is 51.4 Å². The number of amides is 1. The van der Waals surface area contributed by atoms with Gasteiger partial charge in [-0.1, -0.05) is 12.1 Å². The summed E-state index contributed by atoms with van der Waals surface area (Å²) in [5.41, 5.74) is 1.91. The van der Waals surface area contributed by atoms with Gasteiger partial charge in [0.05, 0.1) is 16.4 Å². The van der Waals surface area contributed by atoms with Gasteiger partial charge in [0.1, 0.15) is 0 Å². The number of hydrogen-bond donors (Lipinski definition) is 0. The van der Waals surface area contributed by atoms with Gasteiger partial charge in [0.15, 0.2) is 0 Å². The Kier molecular flexibility index (Phi) is 7.01. The van der Waals surface area contributed by atoms with E-state index in [-0.39, 0.29) is 37.6 Å². The fourth-order valence-corrected chi connectivity index (χ4v) is 3.75. The van der Waals surface area contributed by atoms with Crippen molar-refractivity contribution < 1.29 is 41.0 Å². The Morgan fingerprint density at radius 2 is 1.20 bits per heavy atom. The van der Waals surface area contributed by atoms with Gasteiger partial charge in [-0.05, 0) is 22.3 Å². The van der Waals surface area contributed by atoms with E-state index in [2.05, 4.69) is 0 Å². The molecule has 0 bridgehead atoms. The zero-order valence-corrected chi connectivity index (χ0v) is 17.6. The molecule has 0 saturated carbocycles. The number of halogens is 6. The van der Waals surface area contributed by atoms with Crippen LogP contribution in [0.4, 0.5) is 37.7 Å². The van der Waals surface area contributed by atoms with E-state index in [1.807, 2.05) is 0 Å². The zero-order chi connectivity index (χ0) is 26.1. The number of alkyl halides is 6. The second kappa shape index (κ2) is 9.48. The van der Waals surface area contributed by atoms with Gasteiger partial charge < -0.3 is 4.90 Å². The van der Waals surface area contributed by atoms with Crippen LogP contribution in [0.25, 0.3) is 0 Å². The normalized spacial score (nSPS) is 15.2. The van der Waals surface area contributed by atoms with E-state index >= 15 is 0 Å². The Morgan fingerprint density at radius 3 is 1.66 bits per heavy atom. The highest BCUT2D eigenvalue weighted by atomic mass is 19.4. The number of nitro benzene ring substituents is 2. The molecule has 2 aliphatic heterocycles. The Balaban J connectivity index is 0.000000196. The van der Waals surface area contributed by atoms with Crippen LogP contribution < -0.4 is 0 Å². The summed E-state index contributed by atoms with van der Waals surface area (Å²) < 4.78 is 73.3. The first kappa shape index (κ1) is 25.9. The molecular formula is C20H16F6N4O5. The monoisotopic (exact) mass is 506 g/mol. The van der Waals surface area contributed by atoms with E-state index in [0.29, 0.717) is 21.6 Å². The molecule has 0 aromatic heterocycles. The molecule has 0 saturated heterocycles. The fourth-order valence-electron chi connectivity index (χ4n) is 3.75. The molecule has 2 heterocycles. The van der Waals surface area contributed by atoms with Crippen LogP contribution in [-0.2, 0) is 31.0 Å². The first-order chi connectivity index (χ1) is 16.1. The second-order valence-electron chi connectivity index (χ2n) is 7.84. The van der Waals surface area contributed by atoms with E-state index in [0.717, 1.165) is 5.56 Å². The highest BCUT2D eigenvalue weighted by molar-refractivity contribution is 5.82. The number of nitro groups is 2. The van der Waals surface area contributed by atoms with Gasteiger partial charge in [-0.15, -0.1) is 0 Å². The first-order valence-electron chi connectivity index (χ1n) is 9.81. The summed E-state index contributed by atoms with van der Waals surface area (Å²) in [6.45, 7) is -1.13. The topological polar surface area (TPSA) is 110 Å². The van der Waals surface area contributed by atoms with E-state index in [4.69, 9.17) is 0 Å². The van der Waals surface area contributed by atoms with Crippen LogP contribution in [0.3, 0.4) is 0 Å². The molecular weight excluding hydrogens is 490 g/mol. The van der Waals surface area contributed by atoms with Crippen molar-refractivity contribution in [3.8, 4) is 0 Å². The second-order valence-corrected chi connectivity index (χ2v) is 7.84. The number of benzene rings is 2. The third kappa shape index (κ3) is 6.44. The van der Waals surface area contributed by atoms with Crippen LogP contribution in [0, 0.1) is 20.2 Å². The van der Waals surface area contributed by atoms with Crippen molar-refractivity contribution in [2.24, 2.45) is 0 Å². The molecule has 0 N–H and O–H groups in total. The summed E-state index contributed by atoms with van der Waals surface area (Å²) in [6.07, 6.45) is -9.16. The van der Waals surface area contributed by atoms with Gasteiger partial charge in [-0.25, -0.2) is 0 Å². The van der Waals surface area contributed by atoms with Gasteiger partial charge >= 0.3 is 18.3 Å². The average molecular weight is 506 g/mol.